The second-order valence-electron chi connectivity index (χ2n) is 2.98. The molecule has 0 N–H and O–H groups in total. The largest absolute Gasteiger partial charge is 0.205 e. The Kier molecular flexibility index (Phi) is 2.10. The molecule has 0 aliphatic carbocycles. The summed E-state index contributed by atoms with van der Waals surface area (Å²) in [5.74, 6) is 0.616. The third-order valence-electron chi connectivity index (χ3n) is 1.90. The Balaban J connectivity index is 2.39. The lowest BCUT2D eigenvalue weighted by molar-refractivity contribution is 0.760. The van der Waals surface area contributed by atoms with E-state index in [9.17, 15) is 0 Å². The minimum Gasteiger partial charge on any atom is -0.139 e. The van der Waals surface area contributed by atoms with Crippen LogP contribution in [0.1, 0.15) is 5.56 Å². The number of hydrogen-bond donors (Lipinski definition) is 0. The molecule has 14 heavy (non-hydrogen) atoms. The third-order valence-corrected chi connectivity index (χ3v) is 1.90. The third kappa shape index (κ3) is 1.54. The quantitative estimate of drug-likeness (QED) is 0.717. The molecule has 0 amide bonds. The average Bonchev–Trinajstić information content (AvgIpc) is 2.67. The summed E-state index contributed by atoms with van der Waals surface area (Å²) < 4.78 is 0. The van der Waals surface area contributed by atoms with E-state index >= 15 is 0 Å². The van der Waals surface area contributed by atoms with Crippen molar-refractivity contribution < 1.29 is 0 Å². The number of aryl methyl sites for hydroxylation is 1. The summed E-state index contributed by atoms with van der Waals surface area (Å²) in [4.78, 5) is 1.34. The second kappa shape index (κ2) is 3.41. The Morgan fingerprint density at radius 2 is 2.00 bits per heavy atom. The first-order chi connectivity index (χ1) is 6.79. The first-order valence-electron chi connectivity index (χ1n) is 4.29. The van der Waals surface area contributed by atoms with Gasteiger partial charge in [-0.15, -0.1) is 15.0 Å². The molecule has 0 unspecified atom stereocenters. The van der Waals surface area contributed by atoms with Crippen molar-refractivity contribution >= 4 is 6.20 Å². The molecule has 1 aromatic heterocycles. The van der Waals surface area contributed by atoms with Crippen molar-refractivity contribution in [2.24, 2.45) is 0 Å². The monoisotopic (exact) mass is 186 g/mol. The van der Waals surface area contributed by atoms with Gasteiger partial charge in [0.05, 0.1) is 0 Å². The summed E-state index contributed by atoms with van der Waals surface area (Å²) in [6.07, 6.45) is 1.50. The van der Waals surface area contributed by atoms with Crippen LogP contribution in [0.3, 0.4) is 0 Å². The molecular weight excluding hydrogens is 176 g/mol. The van der Waals surface area contributed by atoms with E-state index in [0.29, 0.717) is 5.82 Å². The van der Waals surface area contributed by atoms with Gasteiger partial charge in [-0.1, -0.05) is 36.4 Å². The first-order valence-corrected chi connectivity index (χ1v) is 4.29. The standard InChI is InChI=1S/C10H10N4/c1-3-14-12-10(11-13-14)9-6-4-8(2)5-7-9/h3-7H,1H2,2H3. The lowest BCUT2D eigenvalue weighted by Crippen LogP contribution is -1.89. The van der Waals surface area contributed by atoms with Gasteiger partial charge in [0.2, 0.25) is 5.82 Å². The second-order valence-corrected chi connectivity index (χ2v) is 2.98. The number of aromatic nitrogens is 4. The topological polar surface area (TPSA) is 43.6 Å². The molecule has 0 spiro atoms. The molecule has 0 fully saturated rings. The maximum atomic E-state index is 4.11. The predicted octanol–water partition coefficient (Wildman–Crippen LogP) is 1.75. The minimum absolute atomic E-state index is 0.616. The van der Waals surface area contributed by atoms with E-state index in [-0.39, 0.29) is 0 Å². The molecule has 1 heterocycles. The molecule has 70 valence electrons. The van der Waals surface area contributed by atoms with Gasteiger partial charge in [0.25, 0.3) is 0 Å². The van der Waals surface area contributed by atoms with E-state index < -0.39 is 0 Å². The Morgan fingerprint density at radius 3 is 2.57 bits per heavy atom. The summed E-state index contributed by atoms with van der Waals surface area (Å²) in [5, 5.41) is 11.8. The van der Waals surface area contributed by atoms with Crippen LogP contribution in [0, 0.1) is 6.92 Å². The van der Waals surface area contributed by atoms with Gasteiger partial charge in [-0.2, -0.15) is 0 Å². The predicted molar refractivity (Wildman–Crippen MR) is 54.4 cm³/mol. The van der Waals surface area contributed by atoms with E-state index in [1.165, 1.54) is 16.6 Å². The van der Waals surface area contributed by atoms with Gasteiger partial charge in [0.15, 0.2) is 0 Å². The molecule has 0 aliphatic rings. The molecular formula is C10H10N4. The van der Waals surface area contributed by atoms with E-state index in [4.69, 9.17) is 0 Å². The van der Waals surface area contributed by atoms with Crippen LogP contribution >= 0.6 is 0 Å². The highest BCUT2D eigenvalue weighted by atomic mass is 15.6. The number of benzene rings is 1. The molecule has 0 aliphatic heterocycles. The van der Waals surface area contributed by atoms with Gasteiger partial charge in [-0.3, -0.25) is 0 Å². The molecule has 4 nitrogen and oxygen atoms in total. The van der Waals surface area contributed by atoms with Gasteiger partial charge in [-0.05, 0) is 12.1 Å². The highest BCUT2D eigenvalue weighted by molar-refractivity contribution is 5.54. The zero-order valence-corrected chi connectivity index (χ0v) is 7.88. The van der Waals surface area contributed by atoms with E-state index in [1.807, 2.05) is 31.2 Å². The van der Waals surface area contributed by atoms with Crippen LogP contribution in [0.25, 0.3) is 17.6 Å². The highest BCUT2D eigenvalue weighted by Gasteiger charge is 2.02. The molecule has 4 heteroatoms. The number of tetrazole rings is 1. The van der Waals surface area contributed by atoms with Crippen molar-refractivity contribution in [3.8, 4) is 11.4 Å². The van der Waals surface area contributed by atoms with E-state index in [0.717, 1.165) is 5.56 Å². The molecule has 0 bridgehead atoms. The summed E-state index contributed by atoms with van der Waals surface area (Å²) in [6, 6.07) is 7.98. The summed E-state index contributed by atoms with van der Waals surface area (Å²) in [5.41, 5.74) is 2.17. The lowest BCUT2D eigenvalue weighted by Gasteiger charge is -1.94. The van der Waals surface area contributed by atoms with Gasteiger partial charge in [0, 0.05) is 11.8 Å². The van der Waals surface area contributed by atoms with Gasteiger partial charge in [-0.25, -0.2) is 0 Å². The highest BCUT2D eigenvalue weighted by Crippen LogP contribution is 2.13. The van der Waals surface area contributed by atoms with Crippen molar-refractivity contribution in [1.29, 1.82) is 0 Å². The van der Waals surface area contributed by atoms with Crippen LogP contribution < -0.4 is 0 Å². The van der Waals surface area contributed by atoms with Gasteiger partial charge < -0.3 is 0 Å². The Labute approximate surface area is 81.9 Å². The van der Waals surface area contributed by atoms with E-state index in [1.54, 1.807) is 0 Å². The molecule has 0 saturated heterocycles. The average molecular weight is 186 g/mol. The van der Waals surface area contributed by atoms with Crippen molar-refractivity contribution in [3.05, 3.63) is 36.4 Å². The molecule has 2 aromatic rings. The SMILES string of the molecule is C=Cn1nnc(-c2ccc(C)cc2)n1. The van der Waals surface area contributed by atoms with Crippen LogP contribution in [0.5, 0.6) is 0 Å². The van der Waals surface area contributed by atoms with Crippen LogP contribution in [-0.4, -0.2) is 20.2 Å². The molecule has 0 atom stereocenters. The van der Waals surface area contributed by atoms with Crippen molar-refractivity contribution in [2.45, 2.75) is 6.92 Å². The summed E-state index contributed by atoms with van der Waals surface area (Å²) in [7, 11) is 0. The van der Waals surface area contributed by atoms with E-state index in [2.05, 4.69) is 22.0 Å². The number of nitrogens with zero attached hydrogens (tertiary/aromatic N) is 4. The smallest absolute Gasteiger partial charge is 0.139 e. The van der Waals surface area contributed by atoms with Crippen LogP contribution in [-0.2, 0) is 0 Å². The Hall–Kier alpha value is -1.97. The molecule has 0 radical (unpaired) electrons. The zero-order chi connectivity index (χ0) is 9.97. The van der Waals surface area contributed by atoms with Crippen molar-refractivity contribution in [3.63, 3.8) is 0 Å². The van der Waals surface area contributed by atoms with Crippen LogP contribution in [0.4, 0.5) is 0 Å². The number of hydrogen-bond acceptors (Lipinski definition) is 3. The number of rotatable bonds is 2. The summed E-state index contributed by atoms with van der Waals surface area (Å²) in [6.45, 7) is 5.59. The minimum atomic E-state index is 0.616. The molecule has 2 rings (SSSR count). The first kappa shape index (κ1) is 8.62. The fraction of sp³-hybridized carbons (Fsp3) is 0.100. The fourth-order valence-corrected chi connectivity index (χ4v) is 1.12. The molecule has 0 saturated carbocycles. The lowest BCUT2D eigenvalue weighted by atomic mass is 10.1. The van der Waals surface area contributed by atoms with Gasteiger partial charge >= 0.3 is 0 Å². The Bertz CT molecular complexity index is 441. The maximum absolute atomic E-state index is 4.11. The Morgan fingerprint density at radius 1 is 1.29 bits per heavy atom. The molecule has 1 aromatic carbocycles. The maximum Gasteiger partial charge on any atom is 0.205 e. The zero-order valence-electron chi connectivity index (χ0n) is 7.88. The van der Waals surface area contributed by atoms with Gasteiger partial charge in [0.1, 0.15) is 0 Å². The van der Waals surface area contributed by atoms with Crippen molar-refractivity contribution in [1.82, 2.24) is 20.2 Å². The normalized spacial score (nSPS) is 10.1. The van der Waals surface area contributed by atoms with Crippen LogP contribution in [0.2, 0.25) is 0 Å². The summed E-state index contributed by atoms with van der Waals surface area (Å²) >= 11 is 0. The van der Waals surface area contributed by atoms with Crippen molar-refractivity contribution in [2.75, 3.05) is 0 Å². The fourth-order valence-electron chi connectivity index (χ4n) is 1.12. The van der Waals surface area contributed by atoms with Crippen LogP contribution in [0.15, 0.2) is 30.8 Å².